The zero-order valence-corrected chi connectivity index (χ0v) is 16.9. The van der Waals surface area contributed by atoms with Gasteiger partial charge in [-0.15, -0.1) is 11.8 Å². The molecule has 7 heteroatoms. The van der Waals surface area contributed by atoms with E-state index in [9.17, 15) is 14.4 Å². The van der Waals surface area contributed by atoms with Crippen molar-refractivity contribution in [2.24, 2.45) is 11.8 Å². The van der Waals surface area contributed by atoms with E-state index >= 15 is 0 Å². The molecule has 2 aliphatic rings. The van der Waals surface area contributed by atoms with Crippen molar-refractivity contribution in [3.05, 3.63) is 54.4 Å². The molecule has 0 radical (unpaired) electrons. The highest BCUT2D eigenvalue weighted by molar-refractivity contribution is 7.98. The van der Waals surface area contributed by atoms with Crippen LogP contribution in [-0.4, -0.2) is 34.2 Å². The molecule has 4 rings (SSSR count). The third-order valence-electron chi connectivity index (χ3n) is 5.50. The molecule has 1 aliphatic heterocycles. The molecule has 2 fully saturated rings. The SMILES string of the molecule is O=C(CN1C(=O)[C@H]2CCCC[C@@H]2C1=O)Nc1ccc(SCc2cccnc2)cc1. The number of rotatable bonds is 6. The number of pyridine rings is 1. The van der Waals surface area contributed by atoms with E-state index in [1.165, 1.54) is 0 Å². The third-order valence-corrected chi connectivity index (χ3v) is 6.58. The Bertz CT molecular complexity index is 877. The quantitative estimate of drug-likeness (QED) is 0.584. The van der Waals surface area contributed by atoms with Crippen LogP contribution < -0.4 is 5.32 Å². The van der Waals surface area contributed by atoms with Gasteiger partial charge in [0, 0.05) is 28.7 Å². The number of hydrogen-bond donors (Lipinski definition) is 1. The summed E-state index contributed by atoms with van der Waals surface area (Å²) in [5.41, 5.74) is 1.80. The van der Waals surface area contributed by atoms with Crippen LogP contribution >= 0.6 is 11.8 Å². The number of hydrogen-bond acceptors (Lipinski definition) is 5. The number of thioether (sulfide) groups is 1. The Morgan fingerprint density at radius 3 is 2.38 bits per heavy atom. The van der Waals surface area contributed by atoms with E-state index < -0.39 is 0 Å². The Hall–Kier alpha value is -2.67. The van der Waals surface area contributed by atoms with Gasteiger partial charge in [0.25, 0.3) is 0 Å². The molecule has 6 nitrogen and oxygen atoms in total. The summed E-state index contributed by atoms with van der Waals surface area (Å²) < 4.78 is 0. The molecule has 1 aliphatic carbocycles. The van der Waals surface area contributed by atoms with Gasteiger partial charge in [-0.25, -0.2) is 0 Å². The second-order valence-electron chi connectivity index (χ2n) is 7.48. The smallest absolute Gasteiger partial charge is 0.244 e. The number of nitrogens with zero attached hydrogens (tertiary/aromatic N) is 2. The summed E-state index contributed by atoms with van der Waals surface area (Å²) >= 11 is 1.69. The number of likely N-dealkylation sites (tertiary alicyclic amines) is 1. The predicted octanol–water partition coefficient (Wildman–Crippen LogP) is 3.49. The van der Waals surface area contributed by atoms with Gasteiger partial charge < -0.3 is 5.32 Å². The van der Waals surface area contributed by atoms with Gasteiger partial charge in [0.15, 0.2) is 0 Å². The standard InChI is InChI=1S/C22H23N3O3S/c26-20(13-25-21(27)18-5-1-2-6-19(18)22(25)28)24-16-7-9-17(10-8-16)29-14-15-4-3-11-23-12-15/h3-4,7-12,18-19H,1-2,5-6,13-14H2,(H,24,26)/t18-,19-/m0/s1. The van der Waals surface area contributed by atoms with Gasteiger partial charge in [0.1, 0.15) is 6.54 Å². The van der Waals surface area contributed by atoms with Gasteiger partial charge in [-0.05, 0) is 48.7 Å². The average molecular weight is 410 g/mol. The van der Waals surface area contributed by atoms with E-state index in [0.717, 1.165) is 46.8 Å². The van der Waals surface area contributed by atoms with Crippen LogP contribution in [0.2, 0.25) is 0 Å². The normalized spacial score (nSPS) is 21.2. The molecule has 0 unspecified atom stereocenters. The van der Waals surface area contributed by atoms with Crippen molar-refractivity contribution in [2.75, 3.05) is 11.9 Å². The molecular weight excluding hydrogens is 386 g/mol. The van der Waals surface area contributed by atoms with E-state index in [4.69, 9.17) is 0 Å². The topological polar surface area (TPSA) is 79.4 Å². The highest BCUT2D eigenvalue weighted by Crippen LogP contribution is 2.37. The van der Waals surface area contributed by atoms with Crippen LogP contribution in [0.4, 0.5) is 5.69 Å². The Kier molecular flexibility index (Phi) is 5.94. The number of carbonyl (C=O) groups excluding carboxylic acids is 3. The lowest BCUT2D eigenvalue weighted by Gasteiger charge is -2.19. The van der Waals surface area contributed by atoms with Crippen molar-refractivity contribution in [1.29, 1.82) is 0 Å². The lowest BCUT2D eigenvalue weighted by molar-refractivity contribution is -0.142. The van der Waals surface area contributed by atoms with Crippen molar-refractivity contribution < 1.29 is 14.4 Å². The van der Waals surface area contributed by atoms with E-state index in [0.29, 0.717) is 5.69 Å². The summed E-state index contributed by atoms with van der Waals surface area (Å²) in [5.74, 6) is -0.336. The maximum Gasteiger partial charge on any atom is 0.244 e. The van der Waals surface area contributed by atoms with Gasteiger partial charge in [-0.1, -0.05) is 18.9 Å². The molecule has 0 spiro atoms. The molecular formula is C22H23N3O3S. The fraction of sp³-hybridized carbons (Fsp3) is 0.364. The van der Waals surface area contributed by atoms with Crippen molar-refractivity contribution in [3.8, 4) is 0 Å². The van der Waals surface area contributed by atoms with E-state index in [2.05, 4.69) is 10.3 Å². The number of nitrogens with one attached hydrogen (secondary N) is 1. The fourth-order valence-electron chi connectivity index (χ4n) is 4.02. The molecule has 2 aromatic rings. The Labute approximate surface area is 174 Å². The molecule has 29 heavy (non-hydrogen) atoms. The van der Waals surface area contributed by atoms with Crippen LogP contribution in [0.25, 0.3) is 0 Å². The van der Waals surface area contributed by atoms with Crippen LogP contribution in [0.1, 0.15) is 31.2 Å². The second-order valence-corrected chi connectivity index (χ2v) is 8.53. The first kappa shape index (κ1) is 19.6. The first-order valence-corrected chi connectivity index (χ1v) is 10.9. The molecule has 2 atom stereocenters. The van der Waals surface area contributed by atoms with Crippen LogP contribution in [-0.2, 0) is 20.1 Å². The summed E-state index contributed by atoms with van der Waals surface area (Å²) in [6.07, 6.45) is 7.06. The van der Waals surface area contributed by atoms with Crippen molar-refractivity contribution >= 4 is 35.2 Å². The number of fused-ring (bicyclic) bond motifs is 1. The highest BCUT2D eigenvalue weighted by Gasteiger charge is 2.48. The molecule has 1 saturated carbocycles. The number of anilines is 1. The molecule has 150 valence electrons. The van der Waals surface area contributed by atoms with Gasteiger partial charge in [-0.2, -0.15) is 0 Å². The van der Waals surface area contributed by atoms with E-state index in [1.54, 1.807) is 18.0 Å². The molecule has 1 N–H and O–H groups in total. The number of aromatic nitrogens is 1. The lowest BCUT2D eigenvalue weighted by Crippen LogP contribution is -2.38. The van der Waals surface area contributed by atoms with E-state index in [-0.39, 0.29) is 36.1 Å². The maximum atomic E-state index is 12.5. The van der Waals surface area contributed by atoms with Gasteiger partial charge in [-0.3, -0.25) is 24.3 Å². The van der Waals surface area contributed by atoms with Crippen LogP contribution in [0.5, 0.6) is 0 Å². The molecule has 1 aromatic heterocycles. The monoisotopic (exact) mass is 409 g/mol. The molecule has 0 bridgehead atoms. The minimum absolute atomic E-state index is 0.183. The number of amides is 3. The minimum atomic E-state index is -0.346. The minimum Gasteiger partial charge on any atom is -0.325 e. The van der Waals surface area contributed by atoms with Gasteiger partial charge in [0.2, 0.25) is 17.7 Å². The number of imide groups is 1. The van der Waals surface area contributed by atoms with Crippen LogP contribution in [0.15, 0.2) is 53.7 Å². The number of carbonyl (C=O) groups is 3. The van der Waals surface area contributed by atoms with Gasteiger partial charge in [0.05, 0.1) is 11.8 Å². The fourth-order valence-corrected chi connectivity index (χ4v) is 4.85. The Morgan fingerprint density at radius 2 is 1.76 bits per heavy atom. The summed E-state index contributed by atoms with van der Waals surface area (Å²) in [6, 6.07) is 11.5. The largest absolute Gasteiger partial charge is 0.325 e. The predicted molar refractivity (Wildman–Crippen MR) is 111 cm³/mol. The van der Waals surface area contributed by atoms with Crippen molar-refractivity contribution in [1.82, 2.24) is 9.88 Å². The van der Waals surface area contributed by atoms with Crippen molar-refractivity contribution in [2.45, 2.75) is 36.3 Å². The van der Waals surface area contributed by atoms with Crippen LogP contribution in [0, 0.1) is 11.8 Å². The molecule has 1 aromatic carbocycles. The Balaban J connectivity index is 1.30. The van der Waals surface area contributed by atoms with E-state index in [1.807, 2.05) is 42.6 Å². The first-order chi connectivity index (χ1) is 14.1. The summed E-state index contributed by atoms with van der Waals surface area (Å²) in [5, 5.41) is 2.79. The highest BCUT2D eigenvalue weighted by atomic mass is 32.2. The molecule has 2 heterocycles. The first-order valence-electron chi connectivity index (χ1n) is 9.88. The summed E-state index contributed by atoms with van der Waals surface area (Å²) in [4.78, 5) is 43.7. The number of benzene rings is 1. The van der Waals surface area contributed by atoms with Crippen LogP contribution in [0.3, 0.4) is 0 Å². The second kappa shape index (κ2) is 8.78. The zero-order chi connectivity index (χ0) is 20.2. The third kappa shape index (κ3) is 4.50. The Morgan fingerprint density at radius 1 is 1.07 bits per heavy atom. The summed E-state index contributed by atoms with van der Waals surface area (Å²) in [7, 11) is 0. The zero-order valence-electron chi connectivity index (χ0n) is 16.0. The lowest BCUT2D eigenvalue weighted by atomic mass is 9.81. The molecule has 1 saturated heterocycles. The summed E-state index contributed by atoms with van der Waals surface area (Å²) in [6.45, 7) is -0.206. The average Bonchev–Trinajstić information content (AvgIpc) is 2.99. The van der Waals surface area contributed by atoms with Crippen molar-refractivity contribution in [3.63, 3.8) is 0 Å². The molecule has 3 amide bonds. The van der Waals surface area contributed by atoms with Gasteiger partial charge >= 0.3 is 0 Å². The maximum absolute atomic E-state index is 12.5.